The van der Waals surface area contributed by atoms with Crippen LogP contribution in [0.3, 0.4) is 0 Å². The smallest absolute Gasteiger partial charge is 0.243 e. The van der Waals surface area contributed by atoms with E-state index in [4.69, 9.17) is 0 Å². The van der Waals surface area contributed by atoms with E-state index in [2.05, 4.69) is 13.0 Å². The lowest BCUT2D eigenvalue weighted by Gasteiger charge is -2.22. The Morgan fingerprint density at radius 2 is 1.72 bits per heavy atom. The van der Waals surface area contributed by atoms with Crippen LogP contribution in [0.25, 0.3) is 0 Å². The SMILES string of the molecule is CCCC1=CC=C(CCc2ccc(C[C@H](C3=CCC=CC=C3)C(F)(F)F)cc2)CCC1F. The molecule has 4 heteroatoms. The van der Waals surface area contributed by atoms with Crippen LogP contribution in [0.15, 0.2) is 83.5 Å². The third-order valence-electron chi connectivity index (χ3n) is 6.21. The Morgan fingerprint density at radius 1 is 0.969 bits per heavy atom. The summed E-state index contributed by atoms with van der Waals surface area (Å²) >= 11 is 0. The lowest BCUT2D eigenvalue weighted by molar-refractivity contribution is -0.162. The van der Waals surface area contributed by atoms with Gasteiger partial charge in [-0.2, -0.15) is 13.2 Å². The second-order valence-corrected chi connectivity index (χ2v) is 8.66. The second kappa shape index (κ2) is 11.5. The van der Waals surface area contributed by atoms with Crippen LogP contribution < -0.4 is 0 Å². The van der Waals surface area contributed by atoms with Gasteiger partial charge in [-0.1, -0.05) is 85.7 Å². The average molecular weight is 445 g/mol. The summed E-state index contributed by atoms with van der Waals surface area (Å²) in [4.78, 5) is 0. The highest BCUT2D eigenvalue weighted by Gasteiger charge is 2.41. The zero-order valence-corrected chi connectivity index (χ0v) is 18.7. The Bertz CT molecular complexity index is 894. The van der Waals surface area contributed by atoms with Crippen LogP contribution in [-0.4, -0.2) is 12.3 Å². The van der Waals surface area contributed by atoms with E-state index in [1.807, 2.05) is 36.4 Å². The van der Waals surface area contributed by atoms with Crippen LogP contribution >= 0.6 is 0 Å². The van der Waals surface area contributed by atoms with Crippen molar-refractivity contribution < 1.29 is 17.6 Å². The first-order valence-electron chi connectivity index (χ1n) is 11.6. The molecule has 0 amide bonds. The topological polar surface area (TPSA) is 0 Å². The van der Waals surface area contributed by atoms with Crippen molar-refractivity contribution in [1.29, 1.82) is 0 Å². The van der Waals surface area contributed by atoms with Gasteiger partial charge >= 0.3 is 6.18 Å². The molecule has 172 valence electrons. The molecule has 0 spiro atoms. The molecule has 0 saturated heterocycles. The number of hydrogen-bond acceptors (Lipinski definition) is 0. The number of rotatable bonds is 8. The standard InChI is InChI=1S/C28H32F4/c1-2-7-25-18-16-22(17-19-27(25)29)11-10-21-12-14-23(15-13-21)20-26(28(30,31)32)24-8-5-3-4-6-9-24/h3-5,8-9,12-16,18,26-27H,2,6-7,10-11,17,19-20H2,1H3/t26-,27?/m1/s1. The molecular weight excluding hydrogens is 412 g/mol. The minimum absolute atomic E-state index is 0.0615. The average Bonchev–Trinajstić information content (AvgIpc) is 3.13. The maximum atomic E-state index is 14.2. The number of benzene rings is 1. The van der Waals surface area contributed by atoms with Gasteiger partial charge in [-0.3, -0.25) is 0 Å². The predicted molar refractivity (Wildman–Crippen MR) is 124 cm³/mol. The van der Waals surface area contributed by atoms with E-state index in [1.165, 1.54) is 5.57 Å². The van der Waals surface area contributed by atoms with Crippen molar-refractivity contribution in [1.82, 2.24) is 0 Å². The van der Waals surface area contributed by atoms with Gasteiger partial charge in [-0.25, -0.2) is 4.39 Å². The van der Waals surface area contributed by atoms with E-state index in [9.17, 15) is 17.6 Å². The lowest BCUT2D eigenvalue weighted by atomic mass is 9.89. The molecule has 0 aliphatic heterocycles. The fraction of sp³-hybridized carbons (Fsp3) is 0.429. The van der Waals surface area contributed by atoms with Crippen molar-refractivity contribution >= 4 is 0 Å². The van der Waals surface area contributed by atoms with Crippen LogP contribution in [0.2, 0.25) is 0 Å². The van der Waals surface area contributed by atoms with Crippen LogP contribution in [0.1, 0.15) is 56.6 Å². The maximum Gasteiger partial charge on any atom is 0.396 e. The predicted octanol–water partition coefficient (Wildman–Crippen LogP) is 8.57. The molecule has 0 aromatic heterocycles. The largest absolute Gasteiger partial charge is 0.396 e. The van der Waals surface area contributed by atoms with E-state index in [1.54, 1.807) is 24.3 Å². The third kappa shape index (κ3) is 7.08. The van der Waals surface area contributed by atoms with Gasteiger partial charge in [0.15, 0.2) is 0 Å². The van der Waals surface area contributed by atoms with Gasteiger partial charge in [0.1, 0.15) is 6.17 Å². The summed E-state index contributed by atoms with van der Waals surface area (Å²) in [6.07, 6.45) is 12.6. The summed E-state index contributed by atoms with van der Waals surface area (Å²) in [5, 5.41) is 0. The van der Waals surface area contributed by atoms with Crippen molar-refractivity contribution in [3.05, 3.63) is 94.6 Å². The van der Waals surface area contributed by atoms with Gasteiger partial charge in [0.25, 0.3) is 0 Å². The maximum absolute atomic E-state index is 14.2. The first-order chi connectivity index (χ1) is 15.4. The first-order valence-corrected chi connectivity index (χ1v) is 11.6. The monoisotopic (exact) mass is 444 g/mol. The number of hydrogen-bond donors (Lipinski definition) is 0. The minimum atomic E-state index is -4.29. The number of aryl methyl sites for hydroxylation is 1. The van der Waals surface area contributed by atoms with Crippen molar-refractivity contribution in [3.63, 3.8) is 0 Å². The molecule has 0 saturated carbocycles. The molecule has 0 nitrogen and oxygen atoms in total. The van der Waals surface area contributed by atoms with E-state index in [0.29, 0.717) is 24.0 Å². The third-order valence-corrected chi connectivity index (χ3v) is 6.21. The van der Waals surface area contributed by atoms with Crippen molar-refractivity contribution in [2.75, 3.05) is 0 Å². The number of halogens is 4. The molecule has 0 radical (unpaired) electrons. The summed E-state index contributed by atoms with van der Waals surface area (Å²) in [5.41, 5.74) is 4.23. The van der Waals surface area contributed by atoms with Crippen molar-refractivity contribution in [2.45, 2.75) is 70.6 Å². The second-order valence-electron chi connectivity index (χ2n) is 8.66. The van der Waals surface area contributed by atoms with Gasteiger partial charge in [0.2, 0.25) is 0 Å². The van der Waals surface area contributed by atoms with Crippen molar-refractivity contribution in [3.8, 4) is 0 Å². The highest BCUT2D eigenvalue weighted by Crippen LogP contribution is 2.36. The number of allylic oxidation sites excluding steroid dienone is 10. The van der Waals surface area contributed by atoms with Gasteiger partial charge in [-0.15, -0.1) is 0 Å². The molecule has 2 aliphatic rings. The molecule has 0 fully saturated rings. The quantitative estimate of drug-likeness (QED) is 0.352. The van der Waals surface area contributed by atoms with E-state index in [-0.39, 0.29) is 6.42 Å². The van der Waals surface area contributed by atoms with Crippen LogP contribution in [0, 0.1) is 5.92 Å². The van der Waals surface area contributed by atoms with Gasteiger partial charge in [0.05, 0.1) is 5.92 Å². The van der Waals surface area contributed by atoms with E-state index >= 15 is 0 Å². The summed E-state index contributed by atoms with van der Waals surface area (Å²) in [6, 6.07) is 7.47. The molecule has 2 aliphatic carbocycles. The van der Waals surface area contributed by atoms with E-state index in [0.717, 1.165) is 43.2 Å². The molecule has 1 aromatic carbocycles. The lowest BCUT2D eigenvalue weighted by Crippen LogP contribution is -2.26. The molecule has 3 rings (SSSR count). The van der Waals surface area contributed by atoms with Gasteiger partial charge in [0, 0.05) is 0 Å². The highest BCUT2D eigenvalue weighted by molar-refractivity contribution is 5.32. The molecule has 0 heterocycles. The summed E-state index contributed by atoms with van der Waals surface area (Å²) in [7, 11) is 0. The summed E-state index contributed by atoms with van der Waals surface area (Å²) in [6.45, 7) is 2.06. The van der Waals surface area contributed by atoms with Crippen molar-refractivity contribution in [2.24, 2.45) is 5.92 Å². The zero-order valence-electron chi connectivity index (χ0n) is 18.7. The van der Waals surface area contributed by atoms with Crippen LogP contribution in [-0.2, 0) is 12.8 Å². The normalized spacial score (nSPS) is 20.2. The number of alkyl halides is 4. The molecule has 0 bridgehead atoms. The Hall–Kier alpha value is -2.36. The minimum Gasteiger partial charge on any atom is -0.243 e. The van der Waals surface area contributed by atoms with Gasteiger partial charge < -0.3 is 0 Å². The zero-order chi connectivity index (χ0) is 23.0. The molecule has 32 heavy (non-hydrogen) atoms. The fourth-order valence-electron chi connectivity index (χ4n) is 4.31. The highest BCUT2D eigenvalue weighted by atomic mass is 19.4. The fourth-order valence-corrected chi connectivity index (χ4v) is 4.31. The first kappa shape index (κ1) is 24.3. The summed E-state index contributed by atoms with van der Waals surface area (Å²) < 4.78 is 55.4. The molecular formula is C28H32F4. The van der Waals surface area contributed by atoms with Crippen LogP contribution in [0.5, 0.6) is 0 Å². The Labute approximate surface area is 189 Å². The summed E-state index contributed by atoms with van der Waals surface area (Å²) in [5.74, 6) is -1.50. The Morgan fingerprint density at radius 3 is 2.44 bits per heavy atom. The van der Waals surface area contributed by atoms with Gasteiger partial charge in [-0.05, 0) is 67.2 Å². The Balaban J connectivity index is 1.61. The van der Waals surface area contributed by atoms with Crippen LogP contribution in [0.4, 0.5) is 17.6 Å². The van der Waals surface area contributed by atoms with E-state index < -0.39 is 18.3 Å². The molecule has 1 unspecified atom stereocenters. The molecule has 0 N–H and O–H groups in total. The molecule has 1 aromatic rings. The Kier molecular flexibility index (Phi) is 8.72. The molecule has 2 atom stereocenters.